The van der Waals surface area contributed by atoms with Gasteiger partial charge in [-0.1, -0.05) is 24.3 Å². The lowest BCUT2D eigenvalue weighted by molar-refractivity contribution is 0.100. The monoisotopic (exact) mass is 191 g/mol. The van der Waals surface area contributed by atoms with Crippen LogP contribution in [-0.2, 0) is 11.2 Å². The first kappa shape index (κ1) is 9.69. The lowest BCUT2D eigenvalue weighted by Gasteiger charge is -2.34. The summed E-state index contributed by atoms with van der Waals surface area (Å²) in [5, 5.41) is 0. The van der Waals surface area contributed by atoms with Gasteiger partial charge in [0.15, 0.2) is 0 Å². The third kappa shape index (κ3) is 1.68. The van der Waals surface area contributed by atoms with Crippen molar-refractivity contribution in [3.63, 3.8) is 0 Å². The Bertz CT molecular complexity index is 311. The lowest BCUT2D eigenvalue weighted by atomic mass is 9.93. The number of hydrogen-bond acceptors (Lipinski definition) is 2. The smallest absolute Gasteiger partial charge is 0.0659 e. The summed E-state index contributed by atoms with van der Waals surface area (Å²) in [5.41, 5.74) is 2.91. The minimum Gasteiger partial charge on any atom is -0.383 e. The van der Waals surface area contributed by atoms with E-state index in [1.165, 1.54) is 11.1 Å². The molecule has 1 atom stereocenters. The van der Waals surface area contributed by atoms with Gasteiger partial charge in [0.25, 0.3) is 0 Å². The second-order valence-corrected chi connectivity index (χ2v) is 3.90. The Kier molecular flexibility index (Phi) is 2.85. The number of rotatable bonds is 2. The highest BCUT2D eigenvalue weighted by molar-refractivity contribution is 5.32. The van der Waals surface area contributed by atoms with Crippen LogP contribution in [0.15, 0.2) is 24.3 Å². The average Bonchev–Trinajstić information content (AvgIpc) is 2.23. The Hall–Kier alpha value is -0.860. The van der Waals surface area contributed by atoms with Gasteiger partial charge in [-0.25, -0.2) is 0 Å². The molecule has 0 aromatic heterocycles. The van der Waals surface area contributed by atoms with Gasteiger partial charge in [0.2, 0.25) is 0 Å². The van der Waals surface area contributed by atoms with Crippen molar-refractivity contribution in [3.8, 4) is 0 Å². The standard InChI is InChI=1S/C12H17NO/c1-13-8-7-10-5-3-4-6-11(10)12(13)9-14-2/h3-6,12H,7-9H2,1-2H3. The molecule has 0 aliphatic carbocycles. The van der Waals surface area contributed by atoms with E-state index in [1.807, 2.05) is 0 Å². The van der Waals surface area contributed by atoms with E-state index in [0.717, 1.165) is 19.6 Å². The maximum atomic E-state index is 5.27. The molecule has 2 nitrogen and oxygen atoms in total. The van der Waals surface area contributed by atoms with Crippen LogP contribution in [0.5, 0.6) is 0 Å². The summed E-state index contributed by atoms with van der Waals surface area (Å²) in [6, 6.07) is 9.11. The number of fused-ring (bicyclic) bond motifs is 1. The molecule has 1 aliphatic rings. The molecule has 1 aliphatic heterocycles. The van der Waals surface area contributed by atoms with E-state index < -0.39 is 0 Å². The highest BCUT2D eigenvalue weighted by Crippen LogP contribution is 2.28. The molecule has 1 heterocycles. The highest BCUT2D eigenvalue weighted by atomic mass is 16.5. The molecule has 0 N–H and O–H groups in total. The predicted octanol–water partition coefficient (Wildman–Crippen LogP) is 1.86. The molecule has 0 saturated carbocycles. The molecular formula is C12H17NO. The molecule has 1 aromatic rings. The summed E-state index contributed by atoms with van der Waals surface area (Å²) >= 11 is 0. The molecule has 14 heavy (non-hydrogen) atoms. The molecule has 2 heteroatoms. The summed E-state index contributed by atoms with van der Waals surface area (Å²) in [4.78, 5) is 2.37. The van der Waals surface area contributed by atoms with Crippen LogP contribution in [0.2, 0.25) is 0 Å². The van der Waals surface area contributed by atoms with Crippen LogP contribution in [0.1, 0.15) is 17.2 Å². The van der Waals surface area contributed by atoms with E-state index in [2.05, 4.69) is 36.2 Å². The molecule has 0 fully saturated rings. The first-order chi connectivity index (χ1) is 6.83. The van der Waals surface area contributed by atoms with Crippen LogP contribution >= 0.6 is 0 Å². The van der Waals surface area contributed by atoms with Crippen molar-refractivity contribution >= 4 is 0 Å². The summed E-state index contributed by atoms with van der Waals surface area (Å²) in [6.45, 7) is 1.92. The van der Waals surface area contributed by atoms with Gasteiger partial charge in [-0.05, 0) is 24.6 Å². The van der Waals surface area contributed by atoms with Gasteiger partial charge in [-0.15, -0.1) is 0 Å². The van der Waals surface area contributed by atoms with E-state index in [-0.39, 0.29) is 0 Å². The molecule has 0 bridgehead atoms. The van der Waals surface area contributed by atoms with Gasteiger partial charge >= 0.3 is 0 Å². The zero-order valence-corrected chi connectivity index (χ0v) is 8.86. The summed E-state index contributed by atoms with van der Waals surface area (Å²) in [6.07, 6.45) is 1.16. The van der Waals surface area contributed by atoms with Crippen LogP contribution < -0.4 is 0 Å². The molecule has 0 amide bonds. The first-order valence-corrected chi connectivity index (χ1v) is 5.10. The number of benzene rings is 1. The lowest BCUT2D eigenvalue weighted by Crippen LogP contribution is -2.34. The zero-order valence-electron chi connectivity index (χ0n) is 8.86. The topological polar surface area (TPSA) is 12.5 Å². The molecule has 1 unspecified atom stereocenters. The van der Waals surface area contributed by atoms with E-state index in [9.17, 15) is 0 Å². The predicted molar refractivity (Wildman–Crippen MR) is 57.4 cm³/mol. The highest BCUT2D eigenvalue weighted by Gasteiger charge is 2.23. The third-order valence-corrected chi connectivity index (χ3v) is 3.00. The summed E-state index contributed by atoms with van der Waals surface area (Å²) in [5.74, 6) is 0. The van der Waals surface area contributed by atoms with Crippen molar-refractivity contribution in [2.24, 2.45) is 0 Å². The van der Waals surface area contributed by atoms with Gasteiger partial charge in [0.05, 0.1) is 12.6 Å². The van der Waals surface area contributed by atoms with Crippen molar-refractivity contribution in [2.75, 3.05) is 27.3 Å². The number of methoxy groups -OCH3 is 1. The third-order valence-electron chi connectivity index (χ3n) is 3.00. The maximum absolute atomic E-state index is 5.27. The molecule has 1 aromatic carbocycles. The van der Waals surface area contributed by atoms with Gasteiger partial charge in [0.1, 0.15) is 0 Å². The van der Waals surface area contributed by atoms with E-state index in [4.69, 9.17) is 4.74 Å². The van der Waals surface area contributed by atoms with Crippen LogP contribution in [0, 0.1) is 0 Å². The largest absolute Gasteiger partial charge is 0.383 e. The Labute approximate surface area is 85.5 Å². The number of likely N-dealkylation sites (N-methyl/N-ethyl adjacent to an activating group) is 1. The molecule has 0 saturated heterocycles. The molecular weight excluding hydrogens is 174 g/mol. The average molecular weight is 191 g/mol. The minimum absolute atomic E-state index is 0.435. The Morgan fingerprint density at radius 2 is 2.21 bits per heavy atom. The van der Waals surface area contributed by atoms with Crippen molar-refractivity contribution in [1.29, 1.82) is 0 Å². The Balaban J connectivity index is 2.31. The normalized spacial score (nSPS) is 22.0. The van der Waals surface area contributed by atoms with Gasteiger partial charge in [-0.3, -0.25) is 4.90 Å². The first-order valence-electron chi connectivity index (χ1n) is 5.10. The molecule has 2 rings (SSSR count). The second-order valence-electron chi connectivity index (χ2n) is 3.90. The number of hydrogen-bond donors (Lipinski definition) is 0. The Morgan fingerprint density at radius 3 is 3.00 bits per heavy atom. The minimum atomic E-state index is 0.435. The van der Waals surface area contributed by atoms with Crippen LogP contribution in [0.4, 0.5) is 0 Å². The van der Waals surface area contributed by atoms with Gasteiger partial charge in [0, 0.05) is 13.7 Å². The number of ether oxygens (including phenoxy) is 1. The van der Waals surface area contributed by atoms with Crippen molar-refractivity contribution in [1.82, 2.24) is 4.90 Å². The maximum Gasteiger partial charge on any atom is 0.0659 e. The summed E-state index contributed by atoms with van der Waals surface area (Å²) in [7, 11) is 3.94. The number of nitrogens with zero attached hydrogens (tertiary/aromatic N) is 1. The quantitative estimate of drug-likeness (QED) is 0.707. The Morgan fingerprint density at radius 1 is 1.43 bits per heavy atom. The molecule has 76 valence electrons. The molecule has 0 spiro atoms. The van der Waals surface area contributed by atoms with E-state index in [1.54, 1.807) is 7.11 Å². The SMILES string of the molecule is COCC1c2ccccc2CCN1C. The fraction of sp³-hybridized carbons (Fsp3) is 0.500. The van der Waals surface area contributed by atoms with Crippen molar-refractivity contribution in [2.45, 2.75) is 12.5 Å². The fourth-order valence-electron chi connectivity index (χ4n) is 2.15. The van der Waals surface area contributed by atoms with Crippen LogP contribution in [-0.4, -0.2) is 32.2 Å². The van der Waals surface area contributed by atoms with Gasteiger partial charge in [-0.2, -0.15) is 0 Å². The zero-order chi connectivity index (χ0) is 9.97. The van der Waals surface area contributed by atoms with Crippen LogP contribution in [0.3, 0.4) is 0 Å². The van der Waals surface area contributed by atoms with E-state index in [0.29, 0.717) is 6.04 Å². The van der Waals surface area contributed by atoms with Crippen LogP contribution in [0.25, 0.3) is 0 Å². The second kappa shape index (κ2) is 4.11. The van der Waals surface area contributed by atoms with Gasteiger partial charge < -0.3 is 4.74 Å². The van der Waals surface area contributed by atoms with Crippen molar-refractivity contribution < 1.29 is 4.74 Å². The summed E-state index contributed by atoms with van der Waals surface area (Å²) < 4.78 is 5.27. The van der Waals surface area contributed by atoms with Crippen molar-refractivity contribution in [3.05, 3.63) is 35.4 Å². The molecule has 0 radical (unpaired) electrons. The fourth-order valence-corrected chi connectivity index (χ4v) is 2.15. The van der Waals surface area contributed by atoms with E-state index >= 15 is 0 Å².